The molecule has 0 aromatic heterocycles. The summed E-state index contributed by atoms with van der Waals surface area (Å²) >= 11 is 1.96. The van der Waals surface area contributed by atoms with Gasteiger partial charge in [-0.3, -0.25) is 0 Å². The second-order valence-electron chi connectivity index (χ2n) is 5.12. The minimum atomic E-state index is 0.159. The zero-order valence-corrected chi connectivity index (χ0v) is 12.5. The van der Waals surface area contributed by atoms with E-state index in [1.54, 1.807) is 7.11 Å². The molecule has 4 heteroatoms. The van der Waals surface area contributed by atoms with Gasteiger partial charge in [-0.25, -0.2) is 0 Å². The Kier molecular flexibility index (Phi) is 5.40. The Labute approximate surface area is 119 Å². The number of hydrogen-bond donors (Lipinski definition) is 1. The molecule has 1 heterocycles. The van der Waals surface area contributed by atoms with Crippen molar-refractivity contribution in [3.8, 4) is 11.5 Å². The molecule has 2 unspecified atom stereocenters. The summed E-state index contributed by atoms with van der Waals surface area (Å²) in [6.07, 6.45) is 3.54. The van der Waals surface area contributed by atoms with Crippen LogP contribution in [0.25, 0.3) is 0 Å². The summed E-state index contributed by atoms with van der Waals surface area (Å²) in [6, 6.07) is 6.29. The van der Waals surface area contributed by atoms with E-state index in [0.717, 1.165) is 30.1 Å². The molecule has 1 aromatic carbocycles. The average Bonchev–Trinajstić information content (AvgIpc) is 2.41. The molecule has 0 radical (unpaired) electrons. The van der Waals surface area contributed by atoms with E-state index in [4.69, 9.17) is 15.2 Å². The van der Waals surface area contributed by atoms with E-state index in [-0.39, 0.29) is 6.04 Å². The highest BCUT2D eigenvalue weighted by atomic mass is 32.2. The third-order valence-corrected chi connectivity index (χ3v) is 4.38. The van der Waals surface area contributed by atoms with E-state index in [0.29, 0.717) is 6.10 Å². The molecule has 106 valence electrons. The van der Waals surface area contributed by atoms with E-state index in [1.165, 1.54) is 17.7 Å². The number of ether oxygens (including phenoxy) is 2. The van der Waals surface area contributed by atoms with Gasteiger partial charge < -0.3 is 15.2 Å². The van der Waals surface area contributed by atoms with Gasteiger partial charge in [-0.15, -0.1) is 0 Å². The van der Waals surface area contributed by atoms with E-state index >= 15 is 0 Å². The first-order valence-electron chi connectivity index (χ1n) is 6.86. The van der Waals surface area contributed by atoms with E-state index < -0.39 is 0 Å². The number of methoxy groups -OCH3 is 1. The normalized spacial score (nSPS) is 20.9. The molecule has 1 aromatic rings. The van der Waals surface area contributed by atoms with Crippen molar-refractivity contribution in [2.24, 2.45) is 5.73 Å². The van der Waals surface area contributed by atoms with Crippen molar-refractivity contribution in [3.05, 3.63) is 23.8 Å². The zero-order valence-electron chi connectivity index (χ0n) is 11.7. The molecule has 1 saturated heterocycles. The number of benzene rings is 1. The van der Waals surface area contributed by atoms with Crippen LogP contribution in [-0.4, -0.2) is 30.8 Å². The Hall–Kier alpha value is -0.870. The molecule has 1 fully saturated rings. The maximum Gasteiger partial charge on any atom is 0.161 e. The first-order chi connectivity index (χ1) is 9.19. The van der Waals surface area contributed by atoms with Crippen molar-refractivity contribution in [2.45, 2.75) is 38.3 Å². The van der Waals surface area contributed by atoms with Gasteiger partial charge in [-0.05, 0) is 49.6 Å². The zero-order chi connectivity index (χ0) is 13.7. The van der Waals surface area contributed by atoms with Crippen LogP contribution in [0.5, 0.6) is 11.5 Å². The van der Waals surface area contributed by atoms with Gasteiger partial charge in [-0.1, -0.05) is 6.07 Å². The van der Waals surface area contributed by atoms with Gasteiger partial charge in [0.15, 0.2) is 11.5 Å². The van der Waals surface area contributed by atoms with E-state index in [1.807, 2.05) is 30.8 Å². The van der Waals surface area contributed by atoms with Crippen LogP contribution in [0.2, 0.25) is 0 Å². The summed E-state index contributed by atoms with van der Waals surface area (Å²) in [7, 11) is 1.69. The topological polar surface area (TPSA) is 44.5 Å². The summed E-state index contributed by atoms with van der Waals surface area (Å²) in [5, 5.41) is 0. The summed E-state index contributed by atoms with van der Waals surface area (Å²) < 4.78 is 11.5. The minimum absolute atomic E-state index is 0.159. The Balaban J connectivity index is 2.06. The third-order valence-electron chi connectivity index (χ3n) is 3.20. The first kappa shape index (κ1) is 14.5. The fourth-order valence-electron chi connectivity index (χ4n) is 2.29. The number of nitrogens with two attached hydrogens (primary N) is 1. The van der Waals surface area contributed by atoms with Crippen LogP contribution >= 0.6 is 11.8 Å². The molecule has 0 bridgehead atoms. The Bertz CT molecular complexity index is 403. The average molecular weight is 281 g/mol. The number of hydrogen-bond acceptors (Lipinski definition) is 4. The smallest absolute Gasteiger partial charge is 0.161 e. The summed E-state index contributed by atoms with van der Waals surface area (Å²) in [4.78, 5) is 0. The molecule has 2 N–H and O–H groups in total. The Morgan fingerprint density at radius 1 is 1.42 bits per heavy atom. The van der Waals surface area contributed by atoms with Gasteiger partial charge in [0.2, 0.25) is 0 Å². The molecule has 1 aliphatic heterocycles. The molecule has 2 atom stereocenters. The van der Waals surface area contributed by atoms with Crippen molar-refractivity contribution in [2.75, 3.05) is 18.6 Å². The molecule has 0 saturated carbocycles. The van der Waals surface area contributed by atoms with Crippen molar-refractivity contribution in [3.63, 3.8) is 0 Å². The highest BCUT2D eigenvalue weighted by Crippen LogP contribution is 2.31. The maximum atomic E-state index is 6.06. The molecule has 0 spiro atoms. The van der Waals surface area contributed by atoms with E-state index in [9.17, 15) is 0 Å². The molecule has 19 heavy (non-hydrogen) atoms. The lowest BCUT2D eigenvalue weighted by Gasteiger charge is -2.24. The van der Waals surface area contributed by atoms with Gasteiger partial charge in [-0.2, -0.15) is 11.8 Å². The first-order valence-corrected chi connectivity index (χ1v) is 8.01. The van der Waals surface area contributed by atoms with Crippen LogP contribution in [0.3, 0.4) is 0 Å². The molecular weight excluding hydrogens is 258 g/mol. The van der Waals surface area contributed by atoms with Crippen molar-refractivity contribution in [1.29, 1.82) is 0 Å². The molecule has 2 rings (SSSR count). The third kappa shape index (κ3) is 4.32. The largest absolute Gasteiger partial charge is 0.493 e. The van der Waals surface area contributed by atoms with E-state index in [2.05, 4.69) is 6.07 Å². The molecule has 0 amide bonds. The number of rotatable bonds is 5. The van der Waals surface area contributed by atoms with Crippen LogP contribution in [-0.2, 0) is 6.42 Å². The van der Waals surface area contributed by atoms with Crippen LogP contribution in [0, 0.1) is 0 Å². The fraction of sp³-hybridized carbons (Fsp3) is 0.600. The SMILES string of the molecule is COc1cc(CC(C)N)ccc1OC1CCCSC1. The van der Waals surface area contributed by atoms with Gasteiger partial charge in [0, 0.05) is 11.8 Å². The second kappa shape index (κ2) is 7.06. The molecule has 0 aliphatic carbocycles. The molecule has 3 nitrogen and oxygen atoms in total. The highest BCUT2D eigenvalue weighted by Gasteiger charge is 2.17. The Morgan fingerprint density at radius 3 is 2.89 bits per heavy atom. The van der Waals surface area contributed by atoms with Gasteiger partial charge in [0.1, 0.15) is 6.10 Å². The number of thioether (sulfide) groups is 1. The monoisotopic (exact) mass is 281 g/mol. The summed E-state index contributed by atoms with van der Waals surface area (Å²) in [5.74, 6) is 3.99. The lowest BCUT2D eigenvalue weighted by molar-refractivity contribution is 0.202. The van der Waals surface area contributed by atoms with Crippen LogP contribution in [0.4, 0.5) is 0 Å². The lowest BCUT2D eigenvalue weighted by atomic mass is 10.1. The fourth-order valence-corrected chi connectivity index (χ4v) is 3.33. The highest BCUT2D eigenvalue weighted by molar-refractivity contribution is 7.99. The van der Waals surface area contributed by atoms with Crippen molar-refractivity contribution in [1.82, 2.24) is 0 Å². The molecule has 1 aliphatic rings. The maximum absolute atomic E-state index is 6.06. The van der Waals surface area contributed by atoms with Gasteiger partial charge in [0.05, 0.1) is 7.11 Å². The minimum Gasteiger partial charge on any atom is -0.493 e. The summed E-state index contributed by atoms with van der Waals surface area (Å²) in [5.41, 5.74) is 7.02. The van der Waals surface area contributed by atoms with Gasteiger partial charge >= 0.3 is 0 Å². The second-order valence-corrected chi connectivity index (χ2v) is 6.27. The summed E-state index contributed by atoms with van der Waals surface area (Å²) in [6.45, 7) is 2.01. The predicted molar refractivity (Wildman–Crippen MR) is 81.3 cm³/mol. The molecular formula is C15H23NO2S. The van der Waals surface area contributed by atoms with Crippen LogP contribution < -0.4 is 15.2 Å². The van der Waals surface area contributed by atoms with Crippen LogP contribution in [0.15, 0.2) is 18.2 Å². The Morgan fingerprint density at radius 2 is 2.26 bits per heavy atom. The lowest BCUT2D eigenvalue weighted by Crippen LogP contribution is -2.23. The van der Waals surface area contributed by atoms with Crippen molar-refractivity contribution < 1.29 is 9.47 Å². The predicted octanol–water partition coefficient (Wildman–Crippen LogP) is 2.86. The van der Waals surface area contributed by atoms with Crippen molar-refractivity contribution >= 4 is 11.8 Å². The van der Waals surface area contributed by atoms with Crippen LogP contribution in [0.1, 0.15) is 25.3 Å². The standard InChI is InChI=1S/C15H23NO2S/c1-11(16)8-12-5-6-14(15(9-12)17-2)18-13-4-3-7-19-10-13/h5-6,9,11,13H,3-4,7-8,10,16H2,1-2H3. The van der Waals surface area contributed by atoms with Gasteiger partial charge in [0.25, 0.3) is 0 Å². The quantitative estimate of drug-likeness (QED) is 0.901.